The maximum atomic E-state index is 6.35. The molecule has 0 N–H and O–H groups in total. The predicted octanol–water partition coefficient (Wildman–Crippen LogP) is 7.18. The second kappa shape index (κ2) is 9.24. The Kier molecular flexibility index (Phi) is 8.32. The Balaban J connectivity index is 2.99. The molecule has 0 amide bonds. The smallest absolute Gasteiger partial charge is 0.127 e. The molecule has 0 saturated heterocycles. The standard InChI is InChI=1S/C19H34O2P2/c1-13(2)22(14(3)4)20-18-10-17(9)11-19(12-18)21-23(15(5)6)16(7)8/h10-16H,1-9H3. The summed E-state index contributed by atoms with van der Waals surface area (Å²) >= 11 is 0. The van der Waals surface area contributed by atoms with E-state index in [4.69, 9.17) is 9.05 Å². The zero-order chi connectivity index (χ0) is 17.7. The highest BCUT2D eigenvalue weighted by Crippen LogP contribution is 2.50. The second-order valence-corrected chi connectivity index (χ2v) is 13.2. The summed E-state index contributed by atoms with van der Waals surface area (Å²) in [4.78, 5) is 0. The molecular weight excluding hydrogens is 322 g/mol. The molecule has 0 fully saturated rings. The molecule has 0 atom stereocenters. The minimum Gasteiger partial charge on any atom is -0.473 e. The van der Waals surface area contributed by atoms with Crippen molar-refractivity contribution in [3.63, 3.8) is 0 Å². The zero-order valence-electron chi connectivity index (χ0n) is 16.3. The van der Waals surface area contributed by atoms with Crippen LogP contribution in [-0.2, 0) is 0 Å². The molecule has 0 radical (unpaired) electrons. The third kappa shape index (κ3) is 6.60. The molecule has 1 aromatic rings. The lowest BCUT2D eigenvalue weighted by molar-refractivity contribution is 0.567. The SMILES string of the molecule is Cc1cc(OP(C(C)C)C(C)C)cc(OP(C(C)C)C(C)C)c1. The van der Waals surface area contributed by atoms with E-state index in [0.29, 0.717) is 22.6 Å². The number of benzene rings is 1. The van der Waals surface area contributed by atoms with E-state index in [-0.39, 0.29) is 0 Å². The van der Waals surface area contributed by atoms with Crippen molar-refractivity contribution in [1.82, 2.24) is 0 Å². The molecule has 0 aliphatic rings. The second-order valence-electron chi connectivity index (χ2n) is 7.26. The van der Waals surface area contributed by atoms with Crippen LogP contribution in [0.15, 0.2) is 18.2 Å². The van der Waals surface area contributed by atoms with Gasteiger partial charge in [-0.25, -0.2) is 0 Å². The topological polar surface area (TPSA) is 18.5 Å². The Morgan fingerprint density at radius 1 is 0.609 bits per heavy atom. The van der Waals surface area contributed by atoms with Crippen molar-refractivity contribution in [3.8, 4) is 11.5 Å². The first-order valence-electron chi connectivity index (χ1n) is 8.66. The molecule has 0 aliphatic carbocycles. The average molecular weight is 356 g/mol. The summed E-state index contributed by atoms with van der Waals surface area (Å²) in [5, 5.41) is 0. The van der Waals surface area contributed by atoms with Crippen LogP contribution < -0.4 is 9.05 Å². The van der Waals surface area contributed by atoms with Crippen LogP contribution in [0, 0.1) is 6.92 Å². The van der Waals surface area contributed by atoms with Crippen molar-refractivity contribution in [2.24, 2.45) is 0 Å². The normalized spacial score (nSPS) is 12.3. The van der Waals surface area contributed by atoms with Crippen LogP contribution in [0.25, 0.3) is 0 Å². The van der Waals surface area contributed by atoms with Gasteiger partial charge in [-0.15, -0.1) is 0 Å². The van der Waals surface area contributed by atoms with E-state index in [0.717, 1.165) is 11.5 Å². The van der Waals surface area contributed by atoms with Crippen molar-refractivity contribution in [2.45, 2.75) is 84.9 Å². The van der Waals surface area contributed by atoms with Gasteiger partial charge in [0.15, 0.2) is 0 Å². The lowest BCUT2D eigenvalue weighted by Gasteiger charge is -2.28. The van der Waals surface area contributed by atoms with Crippen molar-refractivity contribution in [3.05, 3.63) is 23.8 Å². The highest BCUT2D eigenvalue weighted by Gasteiger charge is 2.22. The van der Waals surface area contributed by atoms with Gasteiger partial charge in [-0.2, -0.15) is 0 Å². The molecule has 2 nitrogen and oxygen atoms in total. The van der Waals surface area contributed by atoms with E-state index < -0.39 is 16.3 Å². The van der Waals surface area contributed by atoms with Gasteiger partial charge >= 0.3 is 0 Å². The minimum absolute atomic E-state index is 0.475. The Hall–Kier alpha value is -0.320. The van der Waals surface area contributed by atoms with Gasteiger partial charge in [0.2, 0.25) is 0 Å². The molecule has 0 saturated carbocycles. The molecule has 0 heterocycles. The molecular formula is C19H34O2P2. The lowest BCUT2D eigenvalue weighted by atomic mass is 10.2. The highest BCUT2D eigenvalue weighted by atomic mass is 31.1. The Labute approximate surface area is 146 Å². The van der Waals surface area contributed by atoms with Gasteiger partial charge in [-0.3, -0.25) is 0 Å². The molecule has 1 aromatic carbocycles. The van der Waals surface area contributed by atoms with Crippen LogP contribution in [0.3, 0.4) is 0 Å². The monoisotopic (exact) mass is 356 g/mol. The van der Waals surface area contributed by atoms with Crippen LogP contribution in [0.4, 0.5) is 0 Å². The molecule has 4 heteroatoms. The molecule has 0 aliphatic heterocycles. The van der Waals surface area contributed by atoms with Crippen molar-refractivity contribution >= 4 is 16.3 Å². The Bertz CT molecular complexity index is 428. The van der Waals surface area contributed by atoms with Gasteiger partial charge in [0, 0.05) is 28.7 Å². The zero-order valence-corrected chi connectivity index (χ0v) is 18.0. The van der Waals surface area contributed by atoms with E-state index in [1.807, 2.05) is 0 Å². The van der Waals surface area contributed by atoms with Gasteiger partial charge in [0.05, 0.1) is 16.3 Å². The molecule has 132 valence electrons. The van der Waals surface area contributed by atoms with E-state index in [1.165, 1.54) is 5.56 Å². The third-order valence-electron chi connectivity index (χ3n) is 3.48. The maximum Gasteiger partial charge on any atom is 0.127 e. The molecule has 0 spiro atoms. The van der Waals surface area contributed by atoms with Gasteiger partial charge in [-0.05, 0) is 24.6 Å². The summed E-state index contributed by atoms with van der Waals surface area (Å²) in [6, 6.07) is 6.33. The quantitative estimate of drug-likeness (QED) is 0.459. The molecule has 0 aromatic heterocycles. The first-order chi connectivity index (χ1) is 10.6. The largest absolute Gasteiger partial charge is 0.473 e. The number of aryl methyl sites for hydroxylation is 1. The van der Waals surface area contributed by atoms with Crippen molar-refractivity contribution < 1.29 is 9.05 Å². The van der Waals surface area contributed by atoms with Crippen LogP contribution >= 0.6 is 16.3 Å². The average Bonchev–Trinajstić information content (AvgIpc) is 2.40. The Morgan fingerprint density at radius 3 is 1.17 bits per heavy atom. The van der Waals surface area contributed by atoms with Crippen LogP contribution in [0.5, 0.6) is 11.5 Å². The fourth-order valence-electron chi connectivity index (χ4n) is 2.68. The Morgan fingerprint density at radius 2 is 0.913 bits per heavy atom. The number of hydrogen-bond donors (Lipinski definition) is 0. The summed E-state index contributed by atoms with van der Waals surface area (Å²) in [7, 11) is -0.950. The summed E-state index contributed by atoms with van der Waals surface area (Å²) in [5.74, 6) is 1.91. The van der Waals surface area contributed by atoms with Crippen LogP contribution in [0.1, 0.15) is 61.0 Å². The predicted molar refractivity (Wildman–Crippen MR) is 107 cm³/mol. The van der Waals surface area contributed by atoms with Crippen molar-refractivity contribution in [1.29, 1.82) is 0 Å². The third-order valence-corrected chi connectivity index (χ3v) is 8.40. The minimum atomic E-state index is -0.475. The summed E-state index contributed by atoms with van der Waals surface area (Å²) in [6.45, 7) is 20.1. The van der Waals surface area contributed by atoms with Crippen molar-refractivity contribution in [2.75, 3.05) is 0 Å². The van der Waals surface area contributed by atoms with E-state index in [2.05, 4.69) is 80.5 Å². The fourth-order valence-corrected chi connectivity index (χ4v) is 6.60. The number of rotatable bonds is 8. The van der Waals surface area contributed by atoms with Crippen LogP contribution in [0.2, 0.25) is 0 Å². The van der Waals surface area contributed by atoms with Gasteiger partial charge < -0.3 is 9.05 Å². The maximum absolute atomic E-state index is 6.35. The van der Waals surface area contributed by atoms with Gasteiger partial charge in [0.25, 0.3) is 0 Å². The first-order valence-corrected chi connectivity index (χ1v) is 11.5. The van der Waals surface area contributed by atoms with E-state index >= 15 is 0 Å². The fraction of sp³-hybridized carbons (Fsp3) is 0.684. The van der Waals surface area contributed by atoms with Crippen LogP contribution in [-0.4, -0.2) is 22.6 Å². The summed E-state index contributed by atoms with van der Waals surface area (Å²) < 4.78 is 12.7. The number of hydrogen-bond acceptors (Lipinski definition) is 2. The first kappa shape index (κ1) is 20.7. The summed E-state index contributed by atoms with van der Waals surface area (Å²) in [6.07, 6.45) is 0. The summed E-state index contributed by atoms with van der Waals surface area (Å²) in [5.41, 5.74) is 3.41. The molecule has 1 rings (SSSR count). The lowest BCUT2D eigenvalue weighted by Crippen LogP contribution is -2.09. The van der Waals surface area contributed by atoms with E-state index in [9.17, 15) is 0 Å². The molecule has 0 unspecified atom stereocenters. The van der Waals surface area contributed by atoms with E-state index in [1.54, 1.807) is 0 Å². The van der Waals surface area contributed by atoms with Gasteiger partial charge in [0.1, 0.15) is 11.5 Å². The highest BCUT2D eigenvalue weighted by molar-refractivity contribution is 7.54. The molecule has 23 heavy (non-hydrogen) atoms. The molecule has 0 bridgehead atoms. The van der Waals surface area contributed by atoms with Gasteiger partial charge in [-0.1, -0.05) is 55.4 Å².